The number of aromatic nitrogens is 2. The van der Waals surface area contributed by atoms with Crippen LogP contribution >= 0.6 is 0 Å². The van der Waals surface area contributed by atoms with Crippen LogP contribution in [0.2, 0.25) is 0 Å². The normalized spacial score (nSPS) is 18.9. The molecule has 0 spiro atoms. The van der Waals surface area contributed by atoms with Gasteiger partial charge in [-0.15, -0.1) is 0 Å². The largest absolute Gasteiger partial charge is 0.365 e. The summed E-state index contributed by atoms with van der Waals surface area (Å²) < 4.78 is 0. The summed E-state index contributed by atoms with van der Waals surface area (Å²) in [7, 11) is 0. The van der Waals surface area contributed by atoms with Crippen molar-refractivity contribution in [2.75, 3.05) is 18.4 Å². The van der Waals surface area contributed by atoms with Crippen LogP contribution in [0.15, 0.2) is 6.20 Å². The van der Waals surface area contributed by atoms with Crippen LogP contribution in [0.3, 0.4) is 0 Å². The molecule has 1 aromatic rings. The minimum Gasteiger partial charge on any atom is -0.365 e. The molecule has 0 bridgehead atoms. The van der Waals surface area contributed by atoms with E-state index in [1.807, 2.05) is 18.0 Å². The summed E-state index contributed by atoms with van der Waals surface area (Å²) in [5.74, 6) is 1.89. The molecule has 1 aromatic heterocycles. The Morgan fingerprint density at radius 3 is 2.77 bits per heavy atom. The first-order chi connectivity index (χ1) is 10.3. The lowest BCUT2D eigenvalue weighted by Gasteiger charge is -2.26. The molecule has 0 aliphatic carbocycles. The molecule has 1 atom stereocenters. The third-order valence-electron chi connectivity index (χ3n) is 3.72. The molecular formula is C17H28N4O. The number of anilines is 1. The van der Waals surface area contributed by atoms with Crippen molar-refractivity contribution in [3.63, 3.8) is 0 Å². The van der Waals surface area contributed by atoms with E-state index in [1.165, 1.54) is 0 Å². The van der Waals surface area contributed by atoms with Crippen molar-refractivity contribution in [1.29, 1.82) is 0 Å². The van der Waals surface area contributed by atoms with E-state index >= 15 is 0 Å². The molecule has 122 valence electrons. The van der Waals surface area contributed by atoms with Gasteiger partial charge >= 0.3 is 0 Å². The highest BCUT2D eigenvalue weighted by Crippen LogP contribution is 2.23. The van der Waals surface area contributed by atoms with E-state index in [-0.39, 0.29) is 17.4 Å². The van der Waals surface area contributed by atoms with Gasteiger partial charge in [-0.05, 0) is 18.8 Å². The van der Waals surface area contributed by atoms with Crippen molar-refractivity contribution in [2.45, 2.75) is 59.9 Å². The first kappa shape index (κ1) is 16.7. The molecule has 1 aliphatic heterocycles. The van der Waals surface area contributed by atoms with Gasteiger partial charge in [0.2, 0.25) is 5.91 Å². The fourth-order valence-electron chi connectivity index (χ4n) is 2.86. The molecule has 1 aliphatic rings. The highest BCUT2D eigenvalue weighted by Gasteiger charge is 2.32. The number of likely N-dealkylation sites (tertiary alicyclic amines) is 1. The highest BCUT2D eigenvalue weighted by atomic mass is 16.2. The van der Waals surface area contributed by atoms with E-state index in [4.69, 9.17) is 0 Å². The highest BCUT2D eigenvalue weighted by molar-refractivity contribution is 5.80. The number of aryl methyl sites for hydroxylation is 2. The molecule has 0 saturated carbocycles. The summed E-state index contributed by atoms with van der Waals surface area (Å²) in [6.07, 6.45) is 4.46. The SMILES string of the molecule is CCCc1cnc(C)nc1N[C@@H]1CC(=O)N(CC(C)(C)C)C1. The van der Waals surface area contributed by atoms with Gasteiger partial charge in [-0.2, -0.15) is 0 Å². The van der Waals surface area contributed by atoms with Crippen LogP contribution in [0.5, 0.6) is 0 Å². The Kier molecular flexibility index (Phi) is 5.04. The second kappa shape index (κ2) is 6.63. The molecule has 2 heterocycles. The van der Waals surface area contributed by atoms with E-state index < -0.39 is 0 Å². The van der Waals surface area contributed by atoms with Crippen molar-refractivity contribution in [3.8, 4) is 0 Å². The Morgan fingerprint density at radius 2 is 2.14 bits per heavy atom. The van der Waals surface area contributed by atoms with Crippen molar-refractivity contribution in [2.24, 2.45) is 5.41 Å². The summed E-state index contributed by atoms with van der Waals surface area (Å²) in [6.45, 7) is 12.1. The lowest BCUT2D eigenvalue weighted by atomic mass is 9.96. The van der Waals surface area contributed by atoms with Crippen LogP contribution < -0.4 is 5.32 Å². The fraction of sp³-hybridized carbons (Fsp3) is 0.706. The number of rotatable bonds is 5. The first-order valence-electron chi connectivity index (χ1n) is 8.15. The lowest BCUT2D eigenvalue weighted by molar-refractivity contribution is -0.128. The molecule has 1 saturated heterocycles. The number of amides is 1. The van der Waals surface area contributed by atoms with Crippen LogP contribution in [0.4, 0.5) is 5.82 Å². The smallest absolute Gasteiger partial charge is 0.224 e. The molecule has 22 heavy (non-hydrogen) atoms. The van der Waals surface area contributed by atoms with Crippen LogP contribution in [0, 0.1) is 12.3 Å². The third-order valence-corrected chi connectivity index (χ3v) is 3.72. The van der Waals surface area contributed by atoms with E-state index in [0.29, 0.717) is 6.42 Å². The Labute approximate surface area is 133 Å². The molecule has 1 amide bonds. The number of nitrogens with zero attached hydrogens (tertiary/aromatic N) is 3. The summed E-state index contributed by atoms with van der Waals surface area (Å²) in [5, 5.41) is 3.47. The van der Waals surface area contributed by atoms with Crippen LogP contribution in [0.25, 0.3) is 0 Å². The summed E-state index contributed by atoms with van der Waals surface area (Å²) in [4.78, 5) is 23.0. The van der Waals surface area contributed by atoms with Crippen molar-refractivity contribution < 1.29 is 4.79 Å². The number of hydrogen-bond donors (Lipinski definition) is 1. The van der Waals surface area contributed by atoms with Gasteiger partial charge in [-0.3, -0.25) is 4.79 Å². The van der Waals surface area contributed by atoms with E-state index in [2.05, 4.69) is 43.0 Å². The molecule has 0 aromatic carbocycles. The van der Waals surface area contributed by atoms with Crippen LogP contribution in [-0.4, -0.2) is 39.9 Å². The van der Waals surface area contributed by atoms with Gasteiger partial charge in [0, 0.05) is 31.3 Å². The zero-order valence-corrected chi connectivity index (χ0v) is 14.4. The fourth-order valence-corrected chi connectivity index (χ4v) is 2.86. The molecule has 2 rings (SSSR count). The van der Waals surface area contributed by atoms with Gasteiger partial charge in [0.15, 0.2) is 0 Å². The van der Waals surface area contributed by atoms with Gasteiger partial charge in [-0.25, -0.2) is 9.97 Å². The second-order valence-electron chi connectivity index (χ2n) is 7.42. The number of carbonyl (C=O) groups excluding carboxylic acids is 1. The quantitative estimate of drug-likeness (QED) is 0.909. The average Bonchev–Trinajstić information content (AvgIpc) is 2.71. The Morgan fingerprint density at radius 1 is 1.41 bits per heavy atom. The van der Waals surface area contributed by atoms with Crippen molar-refractivity contribution in [3.05, 3.63) is 17.6 Å². The maximum absolute atomic E-state index is 12.2. The minimum atomic E-state index is 0.128. The van der Waals surface area contributed by atoms with Crippen molar-refractivity contribution >= 4 is 11.7 Å². The standard InChI is InChI=1S/C17H28N4O/c1-6-7-13-9-18-12(2)19-16(13)20-14-8-15(22)21(10-14)11-17(3,4)5/h9,14H,6-8,10-11H2,1-5H3,(H,18,19,20)/t14-/m1/s1. The average molecular weight is 304 g/mol. The molecule has 1 N–H and O–H groups in total. The molecule has 5 nitrogen and oxygen atoms in total. The molecule has 5 heteroatoms. The van der Waals surface area contributed by atoms with Crippen molar-refractivity contribution in [1.82, 2.24) is 14.9 Å². The third kappa shape index (κ3) is 4.42. The zero-order valence-electron chi connectivity index (χ0n) is 14.4. The van der Waals surface area contributed by atoms with E-state index in [9.17, 15) is 4.79 Å². The predicted octanol–water partition coefficient (Wildman–Crippen LogP) is 2.80. The zero-order chi connectivity index (χ0) is 16.3. The minimum absolute atomic E-state index is 0.128. The van der Waals surface area contributed by atoms with E-state index in [1.54, 1.807) is 0 Å². The number of carbonyl (C=O) groups is 1. The van der Waals surface area contributed by atoms with Gasteiger partial charge in [0.25, 0.3) is 0 Å². The van der Waals surface area contributed by atoms with Gasteiger partial charge in [0.05, 0.1) is 6.04 Å². The Balaban J connectivity index is 2.06. The number of hydrogen-bond acceptors (Lipinski definition) is 4. The van der Waals surface area contributed by atoms with Gasteiger partial charge in [-0.1, -0.05) is 34.1 Å². The first-order valence-corrected chi connectivity index (χ1v) is 8.15. The van der Waals surface area contributed by atoms with Crippen LogP contribution in [0.1, 0.15) is 51.9 Å². The van der Waals surface area contributed by atoms with Gasteiger partial charge < -0.3 is 10.2 Å². The Bertz CT molecular complexity index is 536. The summed E-state index contributed by atoms with van der Waals surface area (Å²) in [6, 6.07) is 0.139. The topological polar surface area (TPSA) is 58.1 Å². The van der Waals surface area contributed by atoms with E-state index in [0.717, 1.165) is 43.1 Å². The monoisotopic (exact) mass is 304 g/mol. The number of nitrogens with one attached hydrogen (secondary N) is 1. The molecule has 1 fully saturated rings. The molecule has 0 unspecified atom stereocenters. The summed E-state index contributed by atoms with van der Waals surface area (Å²) >= 11 is 0. The lowest BCUT2D eigenvalue weighted by Crippen LogP contribution is -2.35. The Hall–Kier alpha value is -1.65. The molecular weight excluding hydrogens is 276 g/mol. The van der Waals surface area contributed by atoms with Crippen LogP contribution in [-0.2, 0) is 11.2 Å². The van der Waals surface area contributed by atoms with Gasteiger partial charge in [0.1, 0.15) is 11.6 Å². The maximum atomic E-state index is 12.2. The summed E-state index contributed by atoms with van der Waals surface area (Å²) in [5.41, 5.74) is 1.26. The predicted molar refractivity (Wildman–Crippen MR) is 88.8 cm³/mol. The maximum Gasteiger partial charge on any atom is 0.224 e. The molecule has 0 radical (unpaired) electrons. The second-order valence-corrected chi connectivity index (χ2v) is 7.42.